The number of aromatic nitrogens is 4. The molecule has 0 fully saturated rings. The van der Waals surface area contributed by atoms with Crippen molar-refractivity contribution in [3.63, 3.8) is 0 Å². The molecular weight excluding hydrogens is 251 g/mol. The summed E-state index contributed by atoms with van der Waals surface area (Å²) in [6.07, 6.45) is -2.80. The molecule has 9 heteroatoms. The highest BCUT2D eigenvalue weighted by atomic mass is 19.4. The van der Waals surface area contributed by atoms with Gasteiger partial charge < -0.3 is 9.84 Å². The van der Waals surface area contributed by atoms with Gasteiger partial charge in [-0.1, -0.05) is 5.16 Å². The lowest BCUT2D eigenvalue weighted by Gasteiger charge is -2.06. The third kappa shape index (κ3) is 3.15. The molecule has 0 unspecified atom stereocenters. The normalized spacial score (nSPS) is 11.5. The van der Waals surface area contributed by atoms with Gasteiger partial charge in [-0.2, -0.15) is 18.2 Å². The summed E-state index contributed by atoms with van der Waals surface area (Å²) >= 11 is 0. The lowest BCUT2D eigenvalue weighted by Crippen LogP contribution is -2.12. The summed E-state index contributed by atoms with van der Waals surface area (Å²) in [5.74, 6) is 0.758. The fourth-order valence-electron chi connectivity index (χ4n) is 1.18. The third-order valence-electron chi connectivity index (χ3n) is 2.02. The fourth-order valence-corrected chi connectivity index (χ4v) is 1.18. The smallest absolute Gasteiger partial charge is 0.368 e. The van der Waals surface area contributed by atoms with Crippen molar-refractivity contribution in [2.75, 3.05) is 11.9 Å². The predicted octanol–water partition coefficient (Wildman–Crippen LogP) is 1.53. The van der Waals surface area contributed by atoms with Crippen LogP contribution >= 0.6 is 0 Å². The Kier molecular flexibility index (Phi) is 3.40. The van der Waals surface area contributed by atoms with E-state index in [1.165, 1.54) is 12.5 Å². The van der Waals surface area contributed by atoms with Crippen molar-refractivity contribution in [3.05, 3.63) is 30.0 Å². The molecule has 0 atom stereocenters. The first-order chi connectivity index (χ1) is 8.55. The Labute approximate surface area is 99.2 Å². The first-order valence-electron chi connectivity index (χ1n) is 4.96. The van der Waals surface area contributed by atoms with Crippen LogP contribution in [0.4, 0.5) is 19.0 Å². The largest absolute Gasteiger partial charge is 0.435 e. The molecule has 0 aliphatic heterocycles. The molecule has 0 aliphatic rings. The van der Waals surface area contributed by atoms with Gasteiger partial charge in [0.25, 0.3) is 0 Å². The second kappa shape index (κ2) is 4.98. The van der Waals surface area contributed by atoms with E-state index in [0.29, 0.717) is 18.8 Å². The number of alkyl halides is 3. The van der Waals surface area contributed by atoms with Crippen molar-refractivity contribution in [1.29, 1.82) is 0 Å². The summed E-state index contributed by atoms with van der Waals surface area (Å²) in [4.78, 5) is 3.79. The fraction of sp³-hybridized carbons (Fsp3) is 0.333. The van der Waals surface area contributed by atoms with Crippen LogP contribution in [0.15, 0.2) is 23.0 Å². The number of anilines is 1. The molecule has 96 valence electrons. The van der Waals surface area contributed by atoms with Crippen molar-refractivity contribution in [2.45, 2.75) is 12.6 Å². The van der Waals surface area contributed by atoms with Gasteiger partial charge >= 0.3 is 6.18 Å². The van der Waals surface area contributed by atoms with Crippen LogP contribution in [0.1, 0.15) is 11.5 Å². The van der Waals surface area contributed by atoms with E-state index in [2.05, 4.69) is 30.2 Å². The van der Waals surface area contributed by atoms with Gasteiger partial charge in [-0.25, -0.2) is 0 Å². The second-order valence-electron chi connectivity index (χ2n) is 3.33. The number of nitrogens with one attached hydrogen (secondary N) is 1. The van der Waals surface area contributed by atoms with Gasteiger partial charge in [-0.3, -0.25) is 0 Å². The molecule has 0 saturated heterocycles. The molecule has 2 aromatic rings. The first kappa shape index (κ1) is 12.3. The van der Waals surface area contributed by atoms with Crippen LogP contribution in [0.2, 0.25) is 0 Å². The maximum absolute atomic E-state index is 12.2. The Morgan fingerprint density at radius 3 is 2.61 bits per heavy atom. The minimum atomic E-state index is -4.48. The van der Waals surface area contributed by atoms with Gasteiger partial charge in [0.1, 0.15) is 5.82 Å². The summed E-state index contributed by atoms with van der Waals surface area (Å²) in [6, 6.07) is 2.08. The van der Waals surface area contributed by atoms with Crippen molar-refractivity contribution >= 4 is 5.82 Å². The molecule has 0 aromatic carbocycles. The maximum atomic E-state index is 12.2. The van der Waals surface area contributed by atoms with Gasteiger partial charge in [0, 0.05) is 13.0 Å². The molecule has 2 aromatic heterocycles. The number of hydrogen-bond acceptors (Lipinski definition) is 6. The number of nitrogens with zero attached hydrogens (tertiary/aromatic N) is 4. The molecular formula is C9H8F3N5O. The average molecular weight is 259 g/mol. The molecule has 0 spiro atoms. The Morgan fingerprint density at radius 2 is 2.06 bits per heavy atom. The number of rotatable bonds is 4. The van der Waals surface area contributed by atoms with Crippen molar-refractivity contribution in [1.82, 2.24) is 20.3 Å². The molecule has 0 amide bonds. The number of hydrogen-bond donors (Lipinski definition) is 1. The Balaban J connectivity index is 1.87. The van der Waals surface area contributed by atoms with Crippen LogP contribution in [0, 0.1) is 0 Å². The van der Waals surface area contributed by atoms with Crippen molar-refractivity contribution in [3.8, 4) is 0 Å². The van der Waals surface area contributed by atoms with E-state index in [4.69, 9.17) is 0 Å². The van der Waals surface area contributed by atoms with Crippen LogP contribution in [-0.2, 0) is 12.6 Å². The monoisotopic (exact) mass is 259 g/mol. The summed E-state index contributed by atoms with van der Waals surface area (Å²) in [5, 5.41) is 12.9. The zero-order valence-corrected chi connectivity index (χ0v) is 8.98. The van der Waals surface area contributed by atoms with Gasteiger partial charge in [0.05, 0.1) is 0 Å². The molecule has 2 heterocycles. The average Bonchev–Trinajstić information content (AvgIpc) is 2.82. The third-order valence-corrected chi connectivity index (χ3v) is 2.02. The number of halogens is 3. The van der Waals surface area contributed by atoms with E-state index in [9.17, 15) is 13.2 Å². The zero-order chi connectivity index (χ0) is 13.0. The Hall–Kier alpha value is -2.19. The molecule has 0 aliphatic carbocycles. The maximum Gasteiger partial charge on any atom is 0.435 e. The van der Waals surface area contributed by atoms with E-state index >= 15 is 0 Å². The first-order valence-corrected chi connectivity index (χ1v) is 4.96. The van der Waals surface area contributed by atoms with Crippen LogP contribution in [0.5, 0.6) is 0 Å². The molecule has 0 radical (unpaired) electrons. The van der Waals surface area contributed by atoms with E-state index in [-0.39, 0.29) is 5.82 Å². The summed E-state index contributed by atoms with van der Waals surface area (Å²) in [5.41, 5.74) is -1.02. The molecule has 0 bridgehead atoms. The van der Waals surface area contributed by atoms with E-state index in [1.54, 1.807) is 0 Å². The highest BCUT2D eigenvalue weighted by molar-refractivity contribution is 5.33. The topological polar surface area (TPSA) is 76.7 Å². The van der Waals surface area contributed by atoms with Crippen LogP contribution in [0.3, 0.4) is 0 Å². The summed E-state index contributed by atoms with van der Waals surface area (Å²) in [6.45, 7) is 0.416. The molecule has 0 saturated carbocycles. The quantitative estimate of drug-likeness (QED) is 0.897. The van der Waals surface area contributed by atoms with E-state index < -0.39 is 11.9 Å². The van der Waals surface area contributed by atoms with E-state index in [0.717, 1.165) is 6.07 Å². The van der Waals surface area contributed by atoms with Crippen molar-refractivity contribution in [2.24, 2.45) is 0 Å². The molecule has 18 heavy (non-hydrogen) atoms. The predicted molar refractivity (Wildman–Crippen MR) is 53.5 cm³/mol. The van der Waals surface area contributed by atoms with Gasteiger partial charge in [-0.15, -0.1) is 10.2 Å². The highest BCUT2D eigenvalue weighted by Gasteiger charge is 2.32. The van der Waals surface area contributed by atoms with Gasteiger partial charge in [0.2, 0.25) is 6.39 Å². The SMILES string of the molecule is FC(F)(F)c1ccc(NCCc2ncon2)nn1. The van der Waals surface area contributed by atoms with Crippen LogP contribution in [-0.4, -0.2) is 26.9 Å². The van der Waals surface area contributed by atoms with E-state index in [1.807, 2.05) is 0 Å². The molecule has 6 nitrogen and oxygen atoms in total. The lowest BCUT2D eigenvalue weighted by atomic mass is 10.3. The Morgan fingerprint density at radius 1 is 1.22 bits per heavy atom. The van der Waals surface area contributed by atoms with Crippen LogP contribution < -0.4 is 5.32 Å². The van der Waals surface area contributed by atoms with Gasteiger partial charge in [0.15, 0.2) is 11.5 Å². The minimum absolute atomic E-state index is 0.256. The minimum Gasteiger partial charge on any atom is -0.368 e. The lowest BCUT2D eigenvalue weighted by molar-refractivity contribution is -0.141. The molecule has 1 N–H and O–H groups in total. The zero-order valence-electron chi connectivity index (χ0n) is 8.98. The summed E-state index contributed by atoms with van der Waals surface area (Å²) in [7, 11) is 0. The standard InChI is InChI=1S/C9H8F3N5O/c10-9(11,12)6-1-2-7(16-15-6)13-4-3-8-14-5-18-17-8/h1-2,5H,3-4H2,(H,13,16). The molecule has 2 rings (SSSR count). The summed E-state index contributed by atoms with van der Waals surface area (Å²) < 4.78 is 41.2. The second-order valence-corrected chi connectivity index (χ2v) is 3.33. The van der Waals surface area contributed by atoms with Crippen LogP contribution in [0.25, 0.3) is 0 Å². The Bertz CT molecular complexity index is 482. The van der Waals surface area contributed by atoms with Crippen molar-refractivity contribution < 1.29 is 17.7 Å². The van der Waals surface area contributed by atoms with Gasteiger partial charge in [-0.05, 0) is 12.1 Å². The highest BCUT2D eigenvalue weighted by Crippen LogP contribution is 2.26.